The Hall–Kier alpha value is -1.19. The summed E-state index contributed by atoms with van der Waals surface area (Å²) in [6.45, 7) is 4.09. The molecule has 1 N–H and O–H groups in total. The lowest BCUT2D eigenvalue weighted by Crippen LogP contribution is -2.15. The molecule has 0 saturated heterocycles. The summed E-state index contributed by atoms with van der Waals surface area (Å²) in [5, 5.41) is 6.84. The van der Waals surface area contributed by atoms with Crippen molar-refractivity contribution < 1.29 is 0 Å². The van der Waals surface area contributed by atoms with E-state index in [9.17, 15) is 0 Å². The summed E-state index contributed by atoms with van der Waals surface area (Å²) in [4.78, 5) is 4.54. The molecule has 0 unspecified atom stereocenters. The Morgan fingerprint density at radius 1 is 1.22 bits per heavy atom. The number of hydrogen-bond acceptors (Lipinski definition) is 3. The number of rotatable bonds is 7. The first-order chi connectivity index (χ1) is 8.88. The lowest BCUT2D eigenvalue weighted by atomic mass is 10.1. The van der Waals surface area contributed by atoms with Crippen molar-refractivity contribution in [1.82, 2.24) is 10.3 Å². The van der Waals surface area contributed by atoms with Crippen molar-refractivity contribution in [2.24, 2.45) is 0 Å². The van der Waals surface area contributed by atoms with E-state index in [1.165, 1.54) is 22.7 Å². The summed E-state index contributed by atoms with van der Waals surface area (Å²) in [5.41, 5.74) is 2.60. The van der Waals surface area contributed by atoms with Gasteiger partial charge in [0.05, 0.1) is 10.7 Å². The van der Waals surface area contributed by atoms with E-state index in [1.54, 1.807) is 11.3 Å². The molecule has 2 aromatic rings. The largest absolute Gasteiger partial charge is 0.311 e. The SMILES string of the molecule is CCc1nc(CNCCCc2ccccc2)cs1. The maximum Gasteiger partial charge on any atom is 0.0926 e. The molecule has 0 aliphatic carbocycles. The molecular formula is C15H20N2S. The van der Waals surface area contributed by atoms with Gasteiger partial charge in [0.25, 0.3) is 0 Å². The molecule has 2 nitrogen and oxygen atoms in total. The first-order valence-electron chi connectivity index (χ1n) is 6.56. The standard InChI is InChI=1S/C15H20N2S/c1-2-15-17-14(12-18-15)11-16-10-6-9-13-7-4-3-5-8-13/h3-5,7-8,12,16H,2,6,9-11H2,1H3. The Labute approximate surface area is 113 Å². The molecule has 0 aliphatic rings. The molecule has 0 atom stereocenters. The zero-order chi connectivity index (χ0) is 12.6. The van der Waals surface area contributed by atoms with Crippen LogP contribution >= 0.6 is 11.3 Å². The fraction of sp³-hybridized carbons (Fsp3) is 0.400. The van der Waals surface area contributed by atoms with Gasteiger partial charge in [-0.05, 0) is 31.4 Å². The lowest BCUT2D eigenvalue weighted by molar-refractivity contribution is 0.641. The molecule has 0 saturated carbocycles. The number of benzene rings is 1. The van der Waals surface area contributed by atoms with Crippen LogP contribution in [0, 0.1) is 0 Å². The van der Waals surface area contributed by atoms with Gasteiger partial charge < -0.3 is 5.32 Å². The zero-order valence-corrected chi connectivity index (χ0v) is 11.7. The molecule has 0 aliphatic heterocycles. The highest BCUT2D eigenvalue weighted by Gasteiger charge is 1.99. The van der Waals surface area contributed by atoms with Crippen molar-refractivity contribution >= 4 is 11.3 Å². The lowest BCUT2D eigenvalue weighted by Gasteiger charge is -2.03. The van der Waals surface area contributed by atoms with Crippen molar-refractivity contribution in [1.29, 1.82) is 0 Å². The third-order valence-corrected chi connectivity index (χ3v) is 3.91. The van der Waals surface area contributed by atoms with E-state index in [-0.39, 0.29) is 0 Å². The van der Waals surface area contributed by atoms with E-state index in [2.05, 4.69) is 52.9 Å². The van der Waals surface area contributed by atoms with Crippen LogP contribution in [0.25, 0.3) is 0 Å². The van der Waals surface area contributed by atoms with Gasteiger partial charge in [-0.3, -0.25) is 0 Å². The fourth-order valence-corrected chi connectivity index (χ4v) is 2.62. The average Bonchev–Trinajstić information content (AvgIpc) is 2.87. The number of aromatic nitrogens is 1. The van der Waals surface area contributed by atoms with E-state index in [4.69, 9.17) is 0 Å². The summed E-state index contributed by atoms with van der Waals surface area (Å²) >= 11 is 1.76. The van der Waals surface area contributed by atoms with Crippen LogP contribution in [-0.2, 0) is 19.4 Å². The maximum absolute atomic E-state index is 4.54. The summed E-state index contributed by atoms with van der Waals surface area (Å²) in [7, 11) is 0. The van der Waals surface area contributed by atoms with Gasteiger partial charge in [-0.15, -0.1) is 11.3 Å². The molecule has 0 bridgehead atoms. The minimum atomic E-state index is 0.894. The topological polar surface area (TPSA) is 24.9 Å². The Bertz CT molecular complexity index is 451. The summed E-state index contributed by atoms with van der Waals surface area (Å²) in [6, 6.07) is 10.6. The highest BCUT2D eigenvalue weighted by molar-refractivity contribution is 7.09. The fourth-order valence-electron chi connectivity index (χ4n) is 1.87. The molecule has 0 fully saturated rings. The Morgan fingerprint density at radius 2 is 2.06 bits per heavy atom. The van der Waals surface area contributed by atoms with Crippen LogP contribution in [0.5, 0.6) is 0 Å². The predicted octanol–water partition coefficient (Wildman–Crippen LogP) is 3.43. The second-order valence-electron chi connectivity index (χ2n) is 4.35. The molecule has 0 radical (unpaired) electrons. The van der Waals surface area contributed by atoms with E-state index in [1.807, 2.05) is 0 Å². The van der Waals surface area contributed by atoms with E-state index >= 15 is 0 Å². The normalized spacial score (nSPS) is 10.7. The maximum atomic E-state index is 4.54. The molecule has 1 aromatic carbocycles. The van der Waals surface area contributed by atoms with Crippen LogP contribution in [-0.4, -0.2) is 11.5 Å². The molecule has 2 rings (SSSR count). The van der Waals surface area contributed by atoms with Gasteiger partial charge in [-0.2, -0.15) is 0 Å². The number of nitrogens with zero attached hydrogens (tertiary/aromatic N) is 1. The quantitative estimate of drug-likeness (QED) is 0.772. The smallest absolute Gasteiger partial charge is 0.0926 e. The van der Waals surface area contributed by atoms with Gasteiger partial charge >= 0.3 is 0 Å². The summed E-state index contributed by atoms with van der Waals surface area (Å²) < 4.78 is 0. The van der Waals surface area contributed by atoms with Gasteiger partial charge in [-0.1, -0.05) is 37.3 Å². The zero-order valence-electron chi connectivity index (χ0n) is 10.9. The van der Waals surface area contributed by atoms with Gasteiger partial charge in [0, 0.05) is 11.9 Å². The van der Waals surface area contributed by atoms with Crippen LogP contribution in [0.15, 0.2) is 35.7 Å². The van der Waals surface area contributed by atoms with E-state index in [0.29, 0.717) is 0 Å². The van der Waals surface area contributed by atoms with Gasteiger partial charge in [0.15, 0.2) is 0 Å². The van der Waals surface area contributed by atoms with Gasteiger partial charge in [0.1, 0.15) is 0 Å². The molecule has 96 valence electrons. The van der Waals surface area contributed by atoms with Crippen molar-refractivity contribution in [3.63, 3.8) is 0 Å². The van der Waals surface area contributed by atoms with E-state index in [0.717, 1.165) is 25.9 Å². The summed E-state index contributed by atoms with van der Waals surface area (Å²) in [6.07, 6.45) is 3.36. The number of thiazole rings is 1. The molecule has 0 amide bonds. The van der Waals surface area contributed by atoms with Crippen molar-refractivity contribution in [2.45, 2.75) is 32.7 Å². The second-order valence-corrected chi connectivity index (χ2v) is 5.29. The van der Waals surface area contributed by atoms with Gasteiger partial charge in [0.2, 0.25) is 0 Å². The van der Waals surface area contributed by atoms with E-state index < -0.39 is 0 Å². The monoisotopic (exact) mass is 260 g/mol. The molecule has 3 heteroatoms. The number of aryl methyl sites for hydroxylation is 2. The average molecular weight is 260 g/mol. The predicted molar refractivity (Wildman–Crippen MR) is 78.0 cm³/mol. The minimum absolute atomic E-state index is 0.894. The van der Waals surface area contributed by atoms with Crippen LogP contribution in [0.4, 0.5) is 0 Å². The molecule has 0 spiro atoms. The van der Waals surface area contributed by atoms with Crippen LogP contribution in [0.1, 0.15) is 29.6 Å². The highest BCUT2D eigenvalue weighted by Crippen LogP contribution is 2.09. The van der Waals surface area contributed by atoms with Crippen LogP contribution in [0.3, 0.4) is 0 Å². The van der Waals surface area contributed by atoms with Gasteiger partial charge in [-0.25, -0.2) is 4.98 Å². The first kappa shape index (κ1) is 13.2. The first-order valence-corrected chi connectivity index (χ1v) is 7.44. The van der Waals surface area contributed by atoms with Crippen molar-refractivity contribution in [3.8, 4) is 0 Å². The molecule has 18 heavy (non-hydrogen) atoms. The highest BCUT2D eigenvalue weighted by atomic mass is 32.1. The van der Waals surface area contributed by atoms with Crippen molar-refractivity contribution in [3.05, 3.63) is 52.0 Å². The minimum Gasteiger partial charge on any atom is -0.311 e. The Balaban J connectivity index is 1.61. The molecular weight excluding hydrogens is 240 g/mol. The second kappa shape index (κ2) is 7.29. The number of hydrogen-bond donors (Lipinski definition) is 1. The van der Waals surface area contributed by atoms with Crippen LogP contribution in [0.2, 0.25) is 0 Å². The third kappa shape index (κ3) is 4.24. The third-order valence-electron chi connectivity index (χ3n) is 2.87. The molecule has 1 aromatic heterocycles. The summed E-state index contributed by atoms with van der Waals surface area (Å²) in [5.74, 6) is 0. The Kier molecular flexibility index (Phi) is 5.36. The Morgan fingerprint density at radius 3 is 2.78 bits per heavy atom. The number of nitrogens with one attached hydrogen (secondary N) is 1. The van der Waals surface area contributed by atoms with Crippen molar-refractivity contribution in [2.75, 3.05) is 6.54 Å². The van der Waals surface area contributed by atoms with Crippen LogP contribution < -0.4 is 5.32 Å². The molecule has 1 heterocycles.